The topological polar surface area (TPSA) is 175 Å². The summed E-state index contributed by atoms with van der Waals surface area (Å²) in [5, 5.41) is 56.8. The van der Waals surface area contributed by atoms with E-state index in [1.807, 2.05) is 6.08 Å². The summed E-state index contributed by atoms with van der Waals surface area (Å²) >= 11 is 0. The molecule has 0 spiro atoms. The Morgan fingerprint density at radius 2 is 0.917 bits per heavy atom. The second-order valence-electron chi connectivity index (χ2n) is 21.4. The molecule has 1 rings (SSSR count). The molecule has 0 aromatic rings. The van der Waals surface area contributed by atoms with Crippen LogP contribution in [0.2, 0.25) is 0 Å². The highest BCUT2D eigenvalue weighted by molar-refractivity contribution is 5.80. The van der Waals surface area contributed by atoms with Crippen LogP contribution in [0.1, 0.15) is 290 Å². The van der Waals surface area contributed by atoms with Crippen molar-refractivity contribution < 1.29 is 49.3 Å². The first-order valence-electron chi connectivity index (χ1n) is 30.6. The van der Waals surface area contributed by atoms with Crippen LogP contribution in [-0.2, 0) is 23.8 Å². The van der Waals surface area contributed by atoms with Crippen LogP contribution in [0.5, 0.6) is 0 Å². The third-order valence-electron chi connectivity index (χ3n) is 14.6. The number of ether oxygens (including phenoxy) is 3. The average molecular weight is 1020 g/mol. The number of carbonyl (C=O) groups excluding carboxylic acids is 2. The molecule has 11 heteroatoms. The number of hydrogen-bond acceptors (Lipinski definition) is 10. The van der Waals surface area contributed by atoms with E-state index in [2.05, 4.69) is 38.2 Å². The van der Waals surface area contributed by atoms with Crippen molar-refractivity contribution in [2.45, 2.75) is 339 Å². The molecule has 11 nitrogen and oxygen atoms in total. The minimum absolute atomic E-state index is 0.128. The molecule has 6 N–H and O–H groups in total. The van der Waals surface area contributed by atoms with Crippen LogP contribution in [0.15, 0.2) is 24.3 Å². The van der Waals surface area contributed by atoms with Crippen molar-refractivity contribution in [3.63, 3.8) is 0 Å². The smallest absolute Gasteiger partial charge is 0.306 e. The Balaban J connectivity index is 2.66. The van der Waals surface area contributed by atoms with Gasteiger partial charge in [0.05, 0.1) is 25.4 Å². The molecular formula is C61H115NO10. The number of esters is 1. The zero-order chi connectivity index (χ0) is 52.5. The first kappa shape index (κ1) is 68.2. The number of unbranched alkanes of at least 4 members (excludes halogenated alkanes) is 36. The second-order valence-corrected chi connectivity index (χ2v) is 21.4. The fourth-order valence-corrected chi connectivity index (χ4v) is 9.71. The summed E-state index contributed by atoms with van der Waals surface area (Å²) in [5.74, 6) is -1.20. The van der Waals surface area contributed by atoms with E-state index in [9.17, 15) is 35.1 Å². The zero-order valence-corrected chi connectivity index (χ0v) is 46.8. The SMILES string of the molecule is CCCCCCCC/C=C\CCCCC(O)C(=O)NC(COC1OC(CO)C(O)C(O)C1OC(=O)CCCCCCCCCCCCCCCCCCCCC)C(O)/C=C/CCCCCCCCCCCC. The van der Waals surface area contributed by atoms with Crippen LogP contribution in [0.3, 0.4) is 0 Å². The molecule has 424 valence electrons. The Hall–Kier alpha value is -1.86. The van der Waals surface area contributed by atoms with Gasteiger partial charge in [-0.25, -0.2) is 0 Å². The number of allylic oxidation sites excluding steroid dienone is 3. The van der Waals surface area contributed by atoms with E-state index in [1.165, 1.54) is 186 Å². The van der Waals surface area contributed by atoms with Crippen molar-refractivity contribution in [3.05, 3.63) is 24.3 Å². The van der Waals surface area contributed by atoms with Gasteiger partial charge in [-0.15, -0.1) is 0 Å². The Morgan fingerprint density at radius 1 is 0.528 bits per heavy atom. The highest BCUT2D eigenvalue weighted by Crippen LogP contribution is 2.26. The van der Waals surface area contributed by atoms with Crippen molar-refractivity contribution in [2.24, 2.45) is 0 Å². The first-order chi connectivity index (χ1) is 35.2. The summed E-state index contributed by atoms with van der Waals surface area (Å²) in [5.41, 5.74) is 0. The van der Waals surface area contributed by atoms with Crippen molar-refractivity contribution in [3.8, 4) is 0 Å². The van der Waals surface area contributed by atoms with E-state index in [0.29, 0.717) is 12.8 Å². The number of hydrogen-bond donors (Lipinski definition) is 6. The second kappa shape index (κ2) is 50.0. The Bertz CT molecular complexity index is 1270. The van der Waals surface area contributed by atoms with E-state index >= 15 is 0 Å². The molecule has 8 atom stereocenters. The monoisotopic (exact) mass is 1020 g/mol. The summed E-state index contributed by atoms with van der Waals surface area (Å²) < 4.78 is 17.6. The van der Waals surface area contributed by atoms with Gasteiger partial charge in [0.25, 0.3) is 0 Å². The maximum atomic E-state index is 13.4. The van der Waals surface area contributed by atoms with Gasteiger partial charge in [-0.3, -0.25) is 9.59 Å². The highest BCUT2D eigenvalue weighted by Gasteiger charge is 2.47. The van der Waals surface area contributed by atoms with E-state index in [-0.39, 0.29) is 19.4 Å². The third-order valence-corrected chi connectivity index (χ3v) is 14.6. The maximum absolute atomic E-state index is 13.4. The van der Waals surface area contributed by atoms with Crippen LogP contribution in [0, 0.1) is 0 Å². The van der Waals surface area contributed by atoms with Crippen molar-refractivity contribution in [1.29, 1.82) is 0 Å². The van der Waals surface area contributed by atoms with Crippen molar-refractivity contribution >= 4 is 11.9 Å². The Morgan fingerprint density at radius 3 is 1.35 bits per heavy atom. The van der Waals surface area contributed by atoms with Gasteiger partial charge in [0.15, 0.2) is 12.4 Å². The van der Waals surface area contributed by atoms with Gasteiger partial charge in [0.1, 0.15) is 24.4 Å². The molecule has 0 aromatic carbocycles. The van der Waals surface area contributed by atoms with Crippen LogP contribution in [0.25, 0.3) is 0 Å². The summed E-state index contributed by atoms with van der Waals surface area (Å²) in [6, 6.07) is -1.03. The van der Waals surface area contributed by atoms with Gasteiger partial charge in [-0.2, -0.15) is 0 Å². The molecule has 0 aromatic heterocycles. The molecule has 0 bridgehead atoms. The molecule has 0 radical (unpaired) electrons. The zero-order valence-electron chi connectivity index (χ0n) is 46.8. The molecule has 1 heterocycles. The highest BCUT2D eigenvalue weighted by atomic mass is 16.7. The number of rotatable bonds is 52. The van der Waals surface area contributed by atoms with Crippen LogP contribution in [0.4, 0.5) is 0 Å². The molecule has 0 saturated carbocycles. The summed E-state index contributed by atoms with van der Waals surface area (Å²) in [6.07, 6.45) is 46.5. The third kappa shape index (κ3) is 37.8. The first-order valence-corrected chi connectivity index (χ1v) is 30.6. The quantitative estimate of drug-likeness (QED) is 0.0195. The fourth-order valence-electron chi connectivity index (χ4n) is 9.71. The number of carbonyl (C=O) groups is 2. The minimum atomic E-state index is -1.61. The minimum Gasteiger partial charge on any atom is -0.454 e. The van der Waals surface area contributed by atoms with E-state index < -0.39 is 67.4 Å². The van der Waals surface area contributed by atoms with Gasteiger partial charge < -0.3 is 45.1 Å². The fraction of sp³-hybridized carbons (Fsp3) is 0.902. The Labute approximate surface area is 441 Å². The number of aliphatic hydroxyl groups is 5. The molecule has 72 heavy (non-hydrogen) atoms. The van der Waals surface area contributed by atoms with Gasteiger partial charge in [-0.1, -0.05) is 257 Å². The normalized spacial score (nSPS) is 19.6. The van der Waals surface area contributed by atoms with E-state index in [4.69, 9.17) is 14.2 Å². The van der Waals surface area contributed by atoms with Gasteiger partial charge in [-0.05, 0) is 51.4 Å². The van der Waals surface area contributed by atoms with E-state index in [1.54, 1.807) is 6.08 Å². The predicted octanol–water partition coefficient (Wildman–Crippen LogP) is 14.1. The number of nitrogens with one attached hydrogen (secondary N) is 1. The molecule has 1 saturated heterocycles. The maximum Gasteiger partial charge on any atom is 0.306 e. The molecule has 1 aliphatic rings. The lowest BCUT2D eigenvalue weighted by atomic mass is 9.99. The lowest BCUT2D eigenvalue weighted by Crippen LogP contribution is -2.61. The van der Waals surface area contributed by atoms with Crippen LogP contribution in [-0.4, -0.2) is 99.6 Å². The van der Waals surface area contributed by atoms with E-state index in [0.717, 1.165) is 57.8 Å². The number of amides is 1. The molecule has 8 unspecified atom stereocenters. The average Bonchev–Trinajstić information content (AvgIpc) is 3.38. The molecule has 0 aliphatic carbocycles. The lowest BCUT2D eigenvalue weighted by Gasteiger charge is -2.41. The van der Waals surface area contributed by atoms with Crippen molar-refractivity contribution in [2.75, 3.05) is 13.2 Å². The summed E-state index contributed by atoms with van der Waals surface area (Å²) in [4.78, 5) is 26.5. The number of aliphatic hydroxyl groups excluding tert-OH is 5. The largest absolute Gasteiger partial charge is 0.454 e. The molecular weight excluding hydrogens is 907 g/mol. The molecule has 1 fully saturated rings. The molecule has 1 amide bonds. The predicted molar refractivity (Wildman–Crippen MR) is 297 cm³/mol. The lowest BCUT2D eigenvalue weighted by molar-refractivity contribution is -0.305. The van der Waals surface area contributed by atoms with Crippen LogP contribution >= 0.6 is 0 Å². The summed E-state index contributed by atoms with van der Waals surface area (Å²) in [7, 11) is 0. The van der Waals surface area contributed by atoms with Gasteiger partial charge in [0, 0.05) is 6.42 Å². The molecule has 1 aliphatic heterocycles. The Kier molecular flexibility index (Phi) is 47.3. The van der Waals surface area contributed by atoms with Crippen molar-refractivity contribution in [1.82, 2.24) is 5.32 Å². The standard InChI is InChI=1S/C61H115NO10/c1-4-7-10-13-16-19-22-25-26-27-28-29-30-31-34-37-40-43-46-49-56(66)72-59-58(68)57(67)55(50-63)71-61(59)70-51-52(53(64)47-44-41-38-35-32-23-20-17-14-11-8-5-2)62-60(69)54(65)48-45-42-39-36-33-24-21-18-15-12-9-6-3/h33,36,44,47,52-55,57-59,61,63-65,67-68H,4-32,34-35,37-43,45-46,48-51H2,1-3H3,(H,62,69)/b36-33-,47-44+. The van der Waals surface area contributed by atoms with Gasteiger partial charge in [0.2, 0.25) is 5.91 Å². The summed E-state index contributed by atoms with van der Waals surface area (Å²) in [6.45, 7) is 5.78. The van der Waals surface area contributed by atoms with Crippen LogP contribution < -0.4 is 5.32 Å². The van der Waals surface area contributed by atoms with Gasteiger partial charge >= 0.3 is 5.97 Å².